The zero-order chi connectivity index (χ0) is 19.1. The Balaban J connectivity index is 1.47. The van der Waals surface area contributed by atoms with E-state index < -0.39 is 0 Å². The van der Waals surface area contributed by atoms with Gasteiger partial charge in [-0.2, -0.15) is 5.10 Å². The Morgan fingerprint density at radius 1 is 1.18 bits per heavy atom. The molecule has 1 aliphatic rings. The maximum atomic E-state index is 12.7. The number of amides is 1. The van der Waals surface area contributed by atoms with E-state index in [0.29, 0.717) is 17.4 Å². The fraction of sp³-hybridized carbons (Fsp3) is 0.200. The highest BCUT2D eigenvalue weighted by Gasteiger charge is 2.26. The quantitative estimate of drug-likeness (QED) is 0.567. The molecule has 28 heavy (non-hydrogen) atoms. The third kappa shape index (κ3) is 3.11. The zero-order valence-corrected chi connectivity index (χ0v) is 15.7. The van der Waals surface area contributed by atoms with Gasteiger partial charge in [-0.3, -0.25) is 14.0 Å². The first-order chi connectivity index (χ1) is 13.7. The molecule has 1 saturated carbocycles. The van der Waals surface area contributed by atoms with E-state index in [1.165, 1.54) is 10.7 Å². The first kappa shape index (κ1) is 16.9. The van der Waals surface area contributed by atoms with Crippen molar-refractivity contribution in [3.63, 3.8) is 0 Å². The van der Waals surface area contributed by atoms with Gasteiger partial charge in [-0.15, -0.1) is 11.3 Å². The monoisotopic (exact) mass is 391 g/mol. The van der Waals surface area contributed by atoms with E-state index in [2.05, 4.69) is 15.4 Å². The van der Waals surface area contributed by atoms with Gasteiger partial charge in [0, 0.05) is 18.2 Å². The van der Waals surface area contributed by atoms with E-state index in [9.17, 15) is 9.59 Å². The minimum Gasteiger partial charge on any atom is -0.308 e. The van der Waals surface area contributed by atoms with Gasteiger partial charge in [0.25, 0.3) is 5.56 Å². The fourth-order valence-electron chi connectivity index (χ4n) is 3.18. The molecular formula is C20H17N5O2S. The standard InChI is InChI=1S/C20H17N5O2S/c26-17(12-25-18(27)9-8-14(23-25)13-6-7-13)22-20-19(15-4-3-11-28-15)21-16-5-1-2-10-24(16)20/h1-5,8-11,13H,6-7,12H2,(H,22,26). The molecule has 8 heteroatoms. The van der Waals surface area contributed by atoms with Crippen LogP contribution in [0.3, 0.4) is 0 Å². The molecule has 140 valence electrons. The first-order valence-corrected chi connectivity index (χ1v) is 9.96. The lowest BCUT2D eigenvalue weighted by molar-refractivity contribution is -0.117. The van der Waals surface area contributed by atoms with Crippen LogP contribution < -0.4 is 10.9 Å². The highest BCUT2D eigenvalue weighted by molar-refractivity contribution is 7.13. The molecule has 7 nitrogen and oxygen atoms in total. The number of pyridine rings is 1. The normalized spacial score (nSPS) is 13.7. The van der Waals surface area contributed by atoms with Crippen molar-refractivity contribution in [3.05, 3.63) is 70.1 Å². The predicted molar refractivity (Wildman–Crippen MR) is 108 cm³/mol. The molecule has 0 unspecified atom stereocenters. The smallest absolute Gasteiger partial charge is 0.267 e. The lowest BCUT2D eigenvalue weighted by Gasteiger charge is -2.09. The summed E-state index contributed by atoms with van der Waals surface area (Å²) in [5.41, 5.74) is 2.05. The Morgan fingerprint density at radius 2 is 2.07 bits per heavy atom. The van der Waals surface area contributed by atoms with Gasteiger partial charge in [0.2, 0.25) is 5.91 Å². The second-order valence-electron chi connectivity index (χ2n) is 6.79. The average molecular weight is 391 g/mol. The van der Waals surface area contributed by atoms with E-state index in [1.54, 1.807) is 17.4 Å². The summed E-state index contributed by atoms with van der Waals surface area (Å²) in [4.78, 5) is 30.5. The van der Waals surface area contributed by atoms with Crippen LogP contribution in [0.15, 0.2) is 58.8 Å². The minimum atomic E-state index is -0.314. The number of hydrogen-bond donors (Lipinski definition) is 1. The molecule has 4 heterocycles. The van der Waals surface area contributed by atoms with Crippen LogP contribution in [0.5, 0.6) is 0 Å². The Morgan fingerprint density at radius 3 is 2.86 bits per heavy atom. The molecule has 0 aliphatic heterocycles. The second-order valence-corrected chi connectivity index (χ2v) is 7.74. The predicted octanol–water partition coefficient (Wildman–Crippen LogP) is 3.14. The Labute approximate surface area is 164 Å². The van der Waals surface area contributed by atoms with E-state index in [1.807, 2.05) is 46.3 Å². The van der Waals surface area contributed by atoms with Gasteiger partial charge in [0.05, 0.1) is 10.6 Å². The maximum Gasteiger partial charge on any atom is 0.267 e. The van der Waals surface area contributed by atoms with Crippen molar-refractivity contribution >= 4 is 28.7 Å². The molecule has 0 atom stereocenters. The molecule has 1 N–H and O–H groups in total. The second kappa shape index (κ2) is 6.72. The summed E-state index contributed by atoms with van der Waals surface area (Å²) in [7, 11) is 0. The highest BCUT2D eigenvalue weighted by Crippen LogP contribution is 2.38. The lowest BCUT2D eigenvalue weighted by Crippen LogP contribution is -2.30. The number of fused-ring (bicyclic) bond motifs is 1. The number of aromatic nitrogens is 4. The van der Waals surface area contributed by atoms with Gasteiger partial charge in [-0.25, -0.2) is 9.67 Å². The summed E-state index contributed by atoms with van der Waals surface area (Å²) in [5.74, 6) is 0.694. The molecule has 0 bridgehead atoms. The summed E-state index contributed by atoms with van der Waals surface area (Å²) in [5, 5.41) is 9.26. The molecule has 4 aromatic rings. The molecule has 0 aromatic carbocycles. The lowest BCUT2D eigenvalue weighted by atomic mass is 10.3. The van der Waals surface area contributed by atoms with E-state index in [4.69, 9.17) is 0 Å². The largest absolute Gasteiger partial charge is 0.308 e. The summed E-state index contributed by atoms with van der Waals surface area (Å²) in [6.45, 7) is -0.136. The number of hydrogen-bond acceptors (Lipinski definition) is 5. The Kier molecular flexibility index (Phi) is 4.05. The van der Waals surface area contributed by atoms with Crippen LogP contribution in [0.2, 0.25) is 0 Å². The van der Waals surface area contributed by atoms with Gasteiger partial charge in [0.1, 0.15) is 23.7 Å². The molecule has 0 radical (unpaired) electrons. The number of thiophene rings is 1. The van der Waals surface area contributed by atoms with Crippen molar-refractivity contribution in [2.75, 3.05) is 5.32 Å². The van der Waals surface area contributed by atoms with Crippen LogP contribution in [0, 0.1) is 0 Å². The molecule has 1 aliphatic carbocycles. The van der Waals surface area contributed by atoms with Crippen LogP contribution in [0.4, 0.5) is 5.82 Å². The number of carbonyl (C=O) groups is 1. The van der Waals surface area contributed by atoms with E-state index in [-0.39, 0.29) is 18.0 Å². The number of nitrogens with zero attached hydrogens (tertiary/aromatic N) is 4. The first-order valence-electron chi connectivity index (χ1n) is 9.08. The molecule has 0 spiro atoms. The average Bonchev–Trinajstić information content (AvgIpc) is 3.28. The number of anilines is 1. The van der Waals surface area contributed by atoms with Gasteiger partial charge < -0.3 is 5.32 Å². The van der Waals surface area contributed by atoms with Crippen molar-refractivity contribution in [1.82, 2.24) is 19.2 Å². The topological polar surface area (TPSA) is 81.3 Å². The van der Waals surface area contributed by atoms with Crippen LogP contribution in [0.25, 0.3) is 16.2 Å². The van der Waals surface area contributed by atoms with Crippen LogP contribution in [-0.2, 0) is 11.3 Å². The highest BCUT2D eigenvalue weighted by atomic mass is 32.1. The summed E-state index contributed by atoms with van der Waals surface area (Å²) in [6, 6.07) is 12.8. The Bertz CT molecular complexity index is 1220. The minimum absolute atomic E-state index is 0.136. The number of carbonyl (C=O) groups excluding carboxylic acids is 1. The molecule has 5 rings (SSSR count). The van der Waals surface area contributed by atoms with Crippen molar-refractivity contribution in [3.8, 4) is 10.6 Å². The number of nitrogens with one attached hydrogen (secondary N) is 1. The van der Waals surface area contributed by atoms with Crippen molar-refractivity contribution in [1.29, 1.82) is 0 Å². The molecule has 0 saturated heterocycles. The van der Waals surface area contributed by atoms with Crippen molar-refractivity contribution in [2.45, 2.75) is 25.3 Å². The third-order valence-corrected chi connectivity index (χ3v) is 5.60. The number of rotatable bonds is 5. The summed E-state index contributed by atoms with van der Waals surface area (Å²) in [6.07, 6.45) is 4.03. The Hall–Kier alpha value is -3.26. The SMILES string of the molecule is O=C(Cn1nc(C2CC2)ccc1=O)Nc1c(-c2cccs2)nc2ccccn12. The maximum absolute atomic E-state index is 12.7. The molecular weight excluding hydrogens is 374 g/mol. The van der Waals surface area contributed by atoms with Crippen LogP contribution >= 0.6 is 11.3 Å². The summed E-state index contributed by atoms with van der Waals surface area (Å²) < 4.78 is 3.07. The zero-order valence-electron chi connectivity index (χ0n) is 14.9. The van der Waals surface area contributed by atoms with Gasteiger partial charge >= 0.3 is 0 Å². The summed E-state index contributed by atoms with van der Waals surface area (Å²) >= 11 is 1.56. The van der Waals surface area contributed by atoms with Gasteiger partial charge in [-0.1, -0.05) is 12.1 Å². The molecule has 1 fully saturated rings. The third-order valence-electron chi connectivity index (χ3n) is 4.72. The fourth-order valence-corrected chi connectivity index (χ4v) is 3.90. The van der Waals surface area contributed by atoms with Crippen LogP contribution in [-0.4, -0.2) is 25.1 Å². The van der Waals surface area contributed by atoms with Crippen molar-refractivity contribution in [2.24, 2.45) is 0 Å². The number of imidazole rings is 1. The van der Waals surface area contributed by atoms with Crippen molar-refractivity contribution < 1.29 is 4.79 Å². The van der Waals surface area contributed by atoms with E-state index in [0.717, 1.165) is 29.1 Å². The van der Waals surface area contributed by atoms with Gasteiger partial charge in [-0.05, 0) is 42.5 Å². The van der Waals surface area contributed by atoms with Crippen LogP contribution in [0.1, 0.15) is 24.5 Å². The van der Waals surface area contributed by atoms with E-state index >= 15 is 0 Å². The molecule has 4 aromatic heterocycles. The molecule has 1 amide bonds. The van der Waals surface area contributed by atoms with Gasteiger partial charge in [0.15, 0.2) is 0 Å².